The number of fused-ring (bicyclic) bond motifs is 2. The summed E-state index contributed by atoms with van der Waals surface area (Å²) < 4.78 is 5.30. The second-order valence-electron chi connectivity index (χ2n) is 10.8. The van der Waals surface area contributed by atoms with Gasteiger partial charge in [-0.2, -0.15) is 5.10 Å². The molecule has 0 unspecified atom stereocenters. The molecule has 5 rings (SSSR count). The van der Waals surface area contributed by atoms with Crippen LogP contribution in [0.1, 0.15) is 57.2 Å². The third-order valence-electron chi connectivity index (χ3n) is 7.66. The van der Waals surface area contributed by atoms with E-state index in [0.717, 1.165) is 60.1 Å². The molecule has 182 valence electrons. The Kier molecular flexibility index (Phi) is 6.25. The zero-order valence-corrected chi connectivity index (χ0v) is 20.5. The van der Waals surface area contributed by atoms with Crippen LogP contribution in [0, 0.1) is 11.3 Å². The Bertz CT molecular complexity index is 1170. The van der Waals surface area contributed by atoms with Gasteiger partial charge in [-0.3, -0.25) is 9.89 Å². The Morgan fingerprint density at radius 1 is 1.24 bits per heavy atom. The topological polar surface area (TPSA) is 94.2 Å². The summed E-state index contributed by atoms with van der Waals surface area (Å²) in [5.41, 5.74) is 6.77. The van der Waals surface area contributed by atoms with E-state index in [2.05, 4.69) is 47.2 Å². The van der Waals surface area contributed by atoms with Gasteiger partial charge in [-0.15, -0.1) is 0 Å². The number of aliphatic hydroxyl groups is 1. The molecule has 0 spiro atoms. The number of carbonyl (C=O) groups excluding carboxylic acids is 1. The number of hydrogen-bond acceptors (Lipinski definition) is 4. The van der Waals surface area contributed by atoms with Crippen molar-refractivity contribution in [3.8, 4) is 11.4 Å². The van der Waals surface area contributed by atoms with Crippen molar-refractivity contribution in [1.29, 1.82) is 0 Å². The van der Waals surface area contributed by atoms with Gasteiger partial charge in [-0.05, 0) is 68.6 Å². The van der Waals surface area contributed by atoms with Gasteiger partial charge in [0.1, 0.15) is 5.69 Å². The lowest BCUT2D eigenvalue weighted by Crippen LogP contribution is -2.40. The number of nitrogens with one attached hydrogen (secondary N) is 2. The van der Waals surface area contributed by atoms with Crippen molar-refractivity contribution in [2.75, 3.05) is 25.2 Å². The van der Waals surface area contributed by atoms with E-state index in [1.165, 1.54) is 11.3 Å². The SMILES string of the molecule is COCCN(C(=O)C1CCC(O)CC1)c1ccc2cc(-c3n[nH]c4c3CCC(C)(C)C4)[nH]c2c1. The second-order valence-corrected chi connectivity index (χ2v) is 10.8. The van der Waals surface area contributed by atoms with Crippen molar-refractivity contribution in [1.82, 2.24) is 15.2 Å². The molecule has 0 radical (unpaired) electrons. The first-order chi connectivity index (χ1) is 16.3. The van der Waals surface area contributed by atoms with E-state index in [-0.39, 0.29) is 17.9 Å². The van der Waals surface area contributed by atoms with E-state index in [0.29, 0.717) is 31.4 Å². The number of nitrogens with zero attached hydrogens (tertiary/aromatic N) is 2. The number of aromatic nitrogens is 3. The first kappa shape index (κ1) is 23.1. The van der Waals surface area contributed by atoms with Crippen molar-refractivity contribution in [3.63, 3.8) is 0 Å². The Balaban J connectivity index is 1.43. The quantitative estimate of drug-likeness (QED) is 0.497. The number of rotatable bonds is 6. The Morgan fingerprint density at radius 3 is 2.79 bits per heavy atom. The summed E-state index contributed by atoms with van der Waals surface area (Å²) in [5.74, 6) is 0.0778. The van der Waals surface area contributed by atoms with Gasteiger partial charge >= 0.3 is 0 Å². The van der Waals surface area contributed by atoms with E-state index in [1.54, 1.807) is 7.11 Å². The molecule has 0 bridgehead atoms. The number of anilines is 1. The Labute approximate surface area is 200 Å². The van der Waals surface area contributed by atoms with E-state index < -0.39 is 0 Å². The number of amides is 1. The zero-order valence-electron chi connectivity index (χ0n) is 20.5. The molecule has 7 nitrogen and oxygen atoms in total. The lowest BCUT2D eigenvalue weighted by atomic mass is 9.76. The third kappa shape index (κ3) is 4.51. The van der Waals surface area contributed by atoms with E-state index >= 15 is 0 Å². The maximum Gasteiger partial charge on any atom is 0.230 e. The lowest BCUT2D eigenvalue weighted by Gasteiger charge is -2.30. The highest BCUT2D eigenvalue weighted by atomic mass is 16.5. The fraction of sp³-hybridized carbons (Fsp3) is 0.556. The van der Waals surface area contributed by atoms with Crippen LogP contribution < -0.4 is 4.90 Å². The zero-order chi connectivity index (χ0) is 23.9. The summed E-state index contributed by atoms with van der Waals surface area (Å²) >= 11 is 0. The fourth-order valence-corrected chi connectivity index (χ4v) is 5.57. The molecule has 1 amide bonds. The number of aromatic amines is 2. The first-order valence-corrected chi connectivity index (χ1v) is 12.5. The minimum atomic E-state index is -0.274. The number of benzene rings is 1. The van der Waals surface area contributed by atoms with Crippen LogP contribution in [0.3, 0.4) is 0 Å². The van der Waals surface area contributed by atoms with Gasteiger partial charge in [0.15, 0.2) is 0 Å². The predicted octanol–water partition coefficient (Wildman–Crippen LogP) is 4.60. The average molecular weight is 465 g/mol. The molecule has 1 fully saturated rings. The van der Waals surface area contributed by atoms with Crippen molar-refractivity contribution in [2.24, 2.45) is 11.3 Å². The summed E-state index contributed by atoms with van der Waals surface area (Å²) in [7, 11) is 1.66. The van der Waals surface area contributed by atoms with Crippen molar-refractivity contribution < 1.29 is 14.6 Å². The monoisotopic (exact) mass is 464 g/mol. The smallest absolute Gasteiger partial charge is 0.230 e. The molecule has 2 aliphatic carbocycles. The number of hydrogen-bond donors (Lipinski definition) is 3. The molecular weight excluding hydrogens is 428 g/mol. The molecule has 7 heteroatoms. The molecule has 0 saturated heterocycles. The van der Waals surface area contributed by atoms with Gasteiger partial charge in [-0.25, -0.2) is 0 Å². The van der Waals surface area contributed by atoms with Crippen molar-refractivity contribution in [3.05, 3.63) is 35.5 Å². The molecule has 34 heavy (non-hydrogen) atoms. The standard InChI is InChI=1S/C27H36N4O3/c1-27(2)11-10-21-24(16-27)29-30-25(21)23-14-18-4-7-19(15-22(18)28-23)31(12-13-34-3)26(33)17-5-8-20(32)9-6-17/h4,7,14-15,17,20,28,32H,5-6,8-13,16H2,1-3H3,(H,29,30). The highest BCUT2D eigenvalue weighted by Gasteiger charge is 2.31. The molecule has 2 aliphatic rings. The molecule has 3 N–H and O–H groups in total. The molecule has 0 atom stereocenters. The Morgan fingerprint density at radius 2 is 2.03 bits per heavy atom. The summed E-state index contributed by atoms with van der Waals surface area (Å²) in [5, 5.41) is 18.9. The van der Waals surface area contributed by atoms with Gasteiger partial charge in [0, 0.05) is 47.4 Å². The second kappa shape index (κ2) is 9.19. The van der Waals surface area contributed by atoms with Crippen LogP contribution in [0.2, 0.25) is 0 Å². The van der Waals surface area contributed by atoms with Gasteiger partial charge in [-0.1, -0.05) is 19.9 Å². The molecule has 0 aliphatic heterocycles. The van der Waals surface area contributed by atoms with Crippen LogP contribution in [0.15, 0.2) is 24.3 Å². The average Bonchev–Trinajstić information content (AvgIpc) is 3.42. The van der Waals surface area contributed by atoms with Crippen LogP contribution >= 0.6 is 0 Å². The molecular formula is C27H36N4O3. The number of methoxy groups -OCH3 is 1. The van der Waals surface area contributed by atoms with Crippen LogP contribution in [0.5, 0.6) is 0 Å². The summed E-state index contributed by atoms with van der Waals surface area (Å²) in [6.07, 6.45) is 5.80. The largest absolute Gasteiger partial charge is 0.393 e. The minimum absolute atomic E-state index is 0.0463. The molecule has 1 aromatic carbocycles. The first-order valence-electron chi connectivity index (χ1n) is 12.5. The fourth-order valence-electron chi connectivity index (χ4n) is 5.57. The van der Waals surface area contributed by atoms with E-state index in [1.807, 2.05) is 11.0 Å². The normalized spacial score (nSPS) is 22.0. The highest BCUT2D eigenvalue weighted by Crippen LogP contribution is 2.38. The van der Waals surface area contributed by atoms with Crippen molar-refractivity contribution >= 4 is 22.5 Å². The maximum atomic E-state index is 13.4. The molecule has 1 saturated carbocycles. The Hall–Kier alpha value is -2.64. The predicted molar refractivity (Wildman–Crippen MR) is 134 cm³/mol. The van der Waals surface area contributed by atoms with Gasteiger partial charge in [0.25, 0.3) is 0 Å². The van der Waals surface area contributed by atoms with Crippen LogP contribution in [-0.4, -0.2) is 52.6 Å². The maximum absolute atomic E-state index is 13.4. The lowest BCUT2D eigenvalue weighted by molar-refractivity contribution is -0.124. The van der Waals surface area contributed by atoms with E-state index in [9.17, 15) is 9.90 Å². The minimum Gasteiger partial charge on any atom is -0.393 e. The molecule has 2 aromatic heterocycles. The van der Waals surface area contributed by atoms with Crippen LogP contribution in [0.25, 0.3) is 22.3 Å². The summed E-state index contributed by atoms with van der Waals surface area (Å²) in [6.45, 7) is 5.61. The van der Waals surface area contributed by atoms with E-state index in [4.69, 9.17) is 4.74 Å². The van der Waals surface area contributed by atoms with Gasteiger partial charge < -0.3 is 19.7 Å². The van der Waals surface area contributed by atoms with Crippen molar-refractivity contribution in [2.45, 2.75) is 64.9 Å². The molecule has 2 heterocycles. The van der Waals surface area contributed by atoms with Crippen LogP contribution in [-0.2, 0) is 22.4 Å². The third-order valence-corrected chi connectivity index (χ3v) is 7.66. The number of carbonyl (C=O) groups is 1. The molecule has 3 aromatic rings. The van der Waals surface area contributed by atoms with Gasteiger partial charge in [0.05, 0.1) is 18.4 Å². The number of aliphatic hydroxyl groups excluding tert-OH is 1. The van der Waals surface area contributed by atoms with Gasteiger partial charge in [0.2, 0.25) is 5.91 Å². The summed E-state index contributed by atoms with van der Waals surface area (Å²) in [6, 6.07) is 8.31. The van der Waals surface area contributed by atoms with Crippen LogP contribution in [0.4, 0.5) is 5.69 Å². The number of H-pyrrole nitrogens is 2. The number of ether oxygens (including phenoxy) is 1. The highest BCUT2D eigenvalue weighted by molar-refractivity contribution is 5.98. The summed E-state index contributed by atoms with van der Waals surface area (Å²) in [4.78, 5) is 18.8.